The lowest BCUT2D eigenvalue weighted by atomic mass is 9.91. The topological polar surface area (TPSA) is 105 Å². The van der Waals surface area contributed by atoms with Crippen LogP contribution in [-0.2, 0) is 35.0 Å². The Hall–Kier alpha value is -2.67. The van der Waals surface area contributed by atoms with Gasteiger partial charge >= 0.3 is 17.9 Å². The zero-order valence-electron chi connectivity index (χ0n) is 17.5. The maximum absolute atomic E-state index is 12.6. The summed E-state index contributed by atoms with van der Waals surface area (Å²) in [5.74, 6) is -2.95. The molecule has 0 unspecified atom stereocenters. The number of hydrogen-bond donors (Lipinski definition) is 1. The molecule has 1 aromatic carbocycles. The third kappa shape index (κ3) is 7.69. The van der Waals surface area contributed by atoms with Gasteiger partial charge in [0.1, 0.15) is 24.7 Å². The number of nitrogens with two attached hydrogens (primary N) is 1. The average molecular weight is 407 g/mol. The van der Waals surface area contributed by atoms with E-state index in [1.54, 1.807) is 26.8 Å². The first-order valence-electron chi connectivity index (χ1n) is 9.65. The molecule has 0 aliphatic carbocycles. The van der Waals surface area contributed by atoms with Gasteiger partial charge in [-0.25, -0.2) is 0 Å². The first kappa shape index (κ1) is 24.4. The molecule has 0 radical (unpaired) electrons. The zero-order valence-corrected chi connectivity index (χ0v) is 17.5. The van der Waals surface area contributed by atoms with Gasteiger partial charge in [0.05, 0.1) is 5.92 Å². The smallest absolute Gasteiger partial charge is 0.326 e. The normalized spacial score (nSPS) is 24.6. The number of benzene rings is 1. The fourth-order valence-corrected chi connectivity index (χ4v) is 2.66. The molecule has 1 heterocycles. The van der Waals surface area contributed by atoms with Crippen LogP contribution in [-0.4, -0.2) is 42.8 Å². The molecule has 160 valence electrons. The minimum atomic E-state index is -1.07. The van der Waals surface area contributed by atoms with Gasteiger partial charge in [-0.05, 0) is 25.8 Å². The molecular weight excluding hydrogens is 376 g/mol. The summed E-state index contributed by atoms with van der Waals surface area (Å²) in [4.78, 5) is 36.8. The third-order valence-corrected chi connectivity index (χ3v) is 4.19. The van der Waals surface area contributed by atoms with E-state index in [1.165, 1.54) is 0 Å². The molecule has 2 rings (SSSR count). The maximum atomic E-state index is 12.6. The highest BCUT2D eigenvalue weighted by Gasteiger charge is 2.41. The molecule has 7 nitrogen and oxygen atoms in total. The van der Waals surface area contributed by atoms with Crippen LogP contribution in [0.3, 0.4) is 0 Å². The Labute approximate surface area is 172 Å². The van der Waals surface area contributed by atoms with Gasteiger partial charge in [-0.1, -0.05) is 50.3 Å². The molecular formula is C22H31NO6. The van der Waals surface area contributed by atoms with Crippen LogP contribution >= 0.6 is 0 Å². The Kier molecular flexibility index (Phi) is 10.1. The molecule has 2 N–H and O–H groups in total. The second kappa shape index (κ2) is 12.0. The Bertz CT molecular complexity index is 688. The molecule has 0 saturated carbocycles. The van der Waals surface area contributed by atoms with Crippen LogP contribution in [0, 0.1) is 11.8 Å². The van der Waals surface area contributed by atoms with Crippen LogP contribution in [0.5, 0.6) is 0 Å². The van der Waals surface area contributed by atoms with Crippen molar-refractivity contribution in [3.05, 3.63) is 48.6 Å². The van der Waals surface area contributed by atoms with Gasteiger partial charge < -0.3 is 19.9 Å². The summed E-state index contributed by atoms with van der Waals surface area (Å²) in [5, 5.41) is 0. The summed E-state index contributed by atoms with van der Waals surface area (Å²) < 4.78 is 16.1. The van der Waals surface area contributed by atoms with E-state index in [4.69, 9.17) is 19.9 Å². The van der Waals surface area contributed by atoms with Gasteiger partial charge in [-0.3, -0.25) is 14.4 Å². The molecule has 0 spiro atoms. The number of esters is 3. The maximum Gasteiger partial charge on any atom is 0.326 e. The van der Waals surface area contributed by atoms with Crippen LogP contribution in [0.25, 0.3) is 0 Å². The highest BCUT2D eigenvalue weighted by atomic mass is 16.6. The van der Waals surface area contributed by atoms with Gasteiger partial charge in [0.25, 0.3) is 0 Å². The van der Waals surface area contributed by atoms with Crippen molar-refractivity contribution in [1.29, 1.82) is 0 Å². The minimum absolute atomic E-state index is 0.277. The second-order valence-electron chi connectivity index (χ2n) is 7.14. The van der Waals surface area contributed by atoms with Crippen molar-refractivity contribution in [2.75, 3.05) is 6.61 Å². The number of rotatable bonds is 4. The minimum Gasteiger partial charge on any atom is -0.463 e. The molecule has 1 saturated heterocycles. The van der Waals surface area contributed by atoms with Crippen molar-refractivity contribution in [3.63, 3.8) is 0 Å². The van der Waals surface area contributed by atoms with E-state index in [9.17, 15) is 14.4 Å². The van der Waals surface area contributed by atoms with E-state index in [0.29, 0.717) is 0 Å². The Balaban J connectivity index is 0.00000132. The van der Waals surface area contributed by atoms with Crippen molar-refractivity contribution in [2.45, 2.75) is 52.4 Å². The van der Waals surface area contributed by atoms with Crippen LogP contribution in [0.2, 0.25) is 0 Å². The zero-order chi connectivity index (χ0) is 22.0. The second-order valence-corrected chi connectivity index (χ2v) is 7.14. The van der Waals surface area contributed by atoms with Crippen LogP contribution in [0.4, 0.5) is 0 Å². The Morgan fingerprint density at radius 3 is 2.45 bits per heavy atom. The van der Waals surface area contributed by atoms with Gasteiger partial charge in [0, 0.05) is 0 Å². The van der Waals surface area contributed by atoms with Crippen molar-refractivity contribution in [2.24, 2.45) is 17.6 Å². The van der Waals surface area contributed by atoms with Crippen molar-refractivity contribution < 1.29 is 28.6 Å². The lowest BCUT2D eigenvalue weighted by Crippen LogP contribution is -2.44. The predicted octanol–water partition coefficient (Wildman–Crippen LogP) is 2.42. The number of cyclic esters (lactones) is 2. The summed E-state index contributed by atoms with van der Waals surface area (Å²) in [5.41, 5.74) is 6.55. The van der Waals surface area contributed by atoms with Crippen molar-refractivity contribution in [3.8, 4) is 0 Å². The van der Waals surface area contributed by atoms with E-state index in [1.807, 2.05) is 37.3 Å². The largest absolute Gasteiger partial charge is 0.463 e. The highest BCUT2D eigenvalue weighted by Crippen LogP contribution is 2.24. The predicted molar refractivity (Wildman–Crippen MR) is 109 cm³/mol. The van der Waals surface area contributed by atoms with E-state index in [-0.39, 0.29) is 18.9 Å². The highest BCUT2D eigenvalue weighted by molar-refractivity contribution is 5.79. The lowest BCUT2D eigenvalue weighted by molar-refractivity contribution is -0.176. The van der Waals surface area contributed by atoms with Gasteiger partial charge in [-0.15, -0.1) is 6.58 Å². The van der Waals surface area contributed by atoms with Crippen LogP contribution in [0.1, 0.15) is 33.3 Å². The third-order valence-electron chi connectivity index (χ3n) is 4.19. The quantitative estimate of drug-likeness (QED) is 0.464. The molecule has 1 aromatic rings. The van der Waals surface area contributed by atoms with Gasteiger partial charge in [0.15, 0.2) is 6.10 Å². The Morgan fingerprint density at radius 1 is 1.31 bits per heavy atom. The Morgan fingerprint density at radius 2 is 1.90 bits per heavy atom. The van der Waals surface area contributed by atoms with Crippen molar-refractivity contribution >= 4 is 17.9 Å². The lowest BCUT2D eigenvalue weighted by Gasteiger charge is -2.29. The number of ether oxygens (including phenoxy) is 3. The first-order valence-corrected chi connectivity index (χ1v) is 9.65. The SMILES string of the molecule is C=C[14CH3].CC(C)C(=O)O[C@H]1[C@H](C)OC(=O)[C@@H](N)COC(=O)[C@@H]1Cc1ccccc1. The fraction of sp³-hybridized carbons (Fsp3) is 0.500. The van der Waals surface area contributed by atoms with E-state index >= 15 is 0 Å². The van der Waals surface area contributed by atoms with Crippen LogP contribution < -0.4 is 5.73 Å². The number of allylic oxidation sites excluding steroid dienone is 1. The van der Waals surface area contributed by atoms with E-state index in [0.717, 1.165) is 5.56 Å². The molecule has 1 aliphatic heterocycles. The molecule has 0 amide bonds. The van der Waals surface area contributed by atoms with Crippen LogP contribution in [0.15, 0.2) is 43.0 Å². The first-order chi connectivity index (χ1) is 13.7. The summed E-state index contributed by atoms with van der Waals surface area (Å²) in [7, 11) is 0. The molecule has 29 heavy (non-hydrogen) atoms. The molecule has 1 aliphatic rings. The fourth-order valence-electron chi connectivity index (χ4n) is 2.66. The standard InChI is InChI=1S/C19H25NO6.C3H6/c1-11(2)17(21)26-16-12(3)25-19(23)15(20)10-24-18(22)14(16)9-13-7-5-4-6-8-13;1-3-2/h4-8,11-12,14-16H,9-10,20H2,1-3H3;3H,1H2,2H3/t12-,14+,15-,16-;/m0./s1/i;2+2. The number of carbonyl (C=O) groups is 3. The van der Waals surface area contributed by atoms with E-state index in [2.05, 4.69) is 6.58 Å². The number of carbonyl (C=O) groups excluding carboxylic acids is 3. The monoisotopic (exact) mass is 407 g/mol. The summed E-state index contributed by atoms with van der Waals surface area (Å²) in [6.45, 7) is 9.93. The molecule has 0 bridgehead atoms. The van der Waals surface area contributed by atoms with Gasteiger partial charge in [0.2, 0.25) is 0 Å². The van der Waals surface area contributed by atoms with Gasteiger partial charge in [-0.2, -0.15) is 0 Å². The molecule has 4 atom stereocenters. The summed E-state index contributed by atoms with van der Waals surface area (Å²) in [6, 6.07) is 8.23. The molecule has 7 heteroatoms. The van der Waals surface area contributed by atoms with E-state index < -0.39 is 42.1 Å². The summed E-state index contributed by atoms with van der Waals surface area (Å²) >= 11 is 0. The summed E-state index contributed by atoms with van der Waals surface area (Å²) in [6.07, 6.45) is 0.231. The average Bonchev–Trinajstić information content (AvgIpc) is 2.71. The molecule has 1 fully saturated rings. The molecule has 0 aromatic heterocycles. The number of hydrogen-bond acceptors (Lipinski definition) is 7. The van der Waals surface area contributed by atoms with Crippen molar-refractivity contribution in [1.82, 2.24) is 0 Å².